The van der Waals surface area contributed by atoms with Gasteiger partial charge in [0.1, 0.15) is 0 Å². The zero-order valence-electron chi connectivity index (χ0n) is 9.34. The van der Waals surface area contributed by atoms with Crippen LogP contribution in [0.3, 0.4) is 0 Å². The second-order valence-electron chi connectivity index (χ2n) is 3.63. The summed E-state index contributed by atoms with van der Waals surface area (Å²) in [5.41, 5.74) is 12.3. The number of carbonyl (C=O) groups excluding carboxylic acids is 1. The molecule has 6 nitrogen and oxygen atoms in total. The van der Waals surface area contributed by atoms with Crippen molar-refractivity contribution < 1.29 is 4.79 Å². The van der Waals surface area contributed by atoms with Gasteiger partial charge < -0.3 is 16.8 Å². The van der Waals surface area contributed by atoms with Crippen molar-refractivity contribution in [3.8, 4) is 0 Å². The van der Waals surface area contributed by atoms with Gasteiger partial charge in [-0.25, -0.2) is 0 Å². The molecule has 5 N–H and O–H groups in total. The van der Waals surface area contributed by atoms with Crippen molar-refractivity contribution in [3.63, 3.8) is 0 Å². The van der Waals surface area contributed by atoms with E-state index < -0.39 is 5.91 Å². The van der Waals surface area contributed by atoms with E-state index in [0.29, 0.717) is 22.8 Å². The van der Waals surface area contributed by atoms with E-state index in [1.54, 1.807) is 35.1 Å². The second-order valence-corrected chi connectivity index (χ2v) is 3.63. The van der Waals surface area contributed by atoms with E-state index in [4.69, 9.17) is 11.5 Å². The molecule has 2 rings (SSSR count). The Bertz CT molecular complexity index is 561. The lowest BCUT2D eigenvalue weighted by molar-refractivity contribution is 0.100. The van der Waals surface area contributed by atoms with Crippen molar-refractivity contribution in [2.24, 2.45) is 12.8 Å². The zero-order valence-corrected chi connectivity index (χ0v) is 9.34. The number of anilines is 3. The molecular formula is C11H13N5O. The van der Waals surface area contributed by atoms with Gasteiger partial charge >= 0.3 is 0 Å². The number of carbonyl (C=O) groups is 1. The van der Waals surface area contributed by atoms with Crippen molar-refractivity contribution in [3.05, 3.63) is 36.0 Å². The maximum absolute atomic E-state index is 11.1. The SMILES string of the molecule is Cn1ccc(Nc2cccc(C(N)=O)c2N)n1. The summed E-state index contributed by atoms with van der Waals surface area (Å²) >= 11 is 0. The Labute approximate surface area is 98.2 Å². The van der Waals surface area contributed by atoms with Gasteiger partial charge in [0.25, 0.3) is 5.91 Å². The lowest BCUT2D eigenvalue weighted by Crippen LogP contribution is -2.14. The van der Waals surface area contributed by atoms with Crippen LogP contribution in [0, 0.1) is 0 Å². The van der Waals surface area contributed by atoms with Crippen LogP contribution < -0.4 is 16.8 Å². The third kappa shape index (κ3) is 2.20. The molecule has 0 spiro atoms. The Hall–Kier alpha value is -2.50. The molecule has 0 saturated carbocycles. The van der Waals surface area contributed by atoms with E-state index >= 15 is 0 Å². The highest BCUT2D eigenvalue weighted by molar-refractivity contribution is 6.01. The molecule has 0 bridgehead atoms. The number of nitrogen functional groups attached to an aromatic ring is 1. The van der Waals surface area contributed by atoms with E-state index in [1.165, 1.54) is 0 Å². The third-order valence-corrected chi connectivity index (χ3v) is 2.35. The Morgan fingerprint density at radius 3 is 2.76 bits per heavy atom. The number of para-hydroxylation sites is 1. The second kappa shape index (κ2) is 4.17. The molecule has 17 heavy (non-hydrogen) atoms. The number of rotatable bonds is 3. The van der Waals surface area contributed by atoms with Gasteiger partial charge in [0.2, 0.25) is 0 Å². The molecule has 1 aromatic heterocycles. The fraction of sp³-hybridized carbons (Fsp3) is 0.0909. The number of amides is 1. The van der Waals surface area contributed by atoms with E-state index in [1.807, 2.05) is 7.05 Å². The number of nitrogens with one attached hydrogen (secondary N) is 1. The molecule has 0 saturated heterocycles. The van der Waals surface area contributed by atoms with E-state index in [-0.39, 0.29) is 0 Å². The average Bonchev–Trinajstić information content (AvgIpc) is 2.67. The summed E-state index contributed by atoms with van der Waals surface area (Å²) in [7, 11) is 1.81. The van der Waals surface area contributed by atoms with Gasteiger partial charge in [-0.05, 0) is 12.1 Å². The quantitative estimate of drug-likeness (QED) is 0.682. The summed E-state index contributed by atoms with van der Waals surface area (Å²) < 4.78 is 1.66. The summed E-state index contributed by atoms with van der Waals surface area (Å²) in [6.07, 6.45) is 1.80. The van der Waals surface area contributed by atoms with Crippen LogP contribution in [-0.2, 0) is 7.05 Å². The topological polar surface area (TPSA) is 99.0 Å². The van der Waals surface area contributed by atoms with Gasteiger partial charge in [-0.15, -0.1) is 0 Å². The van der Waals surface area contributed by atoms with Crippen molar-refractivity contribution in [1.29, 1.82) is 0 Å². The molecule has 0 aliphatic carbocycles. The van der Waals surface area contributed by atoms with E-state index in [0.717, 1.165) is 0 Å². The molecule has 0 fully saturated rings. The zero-order chi connectivity index (χ0) is 12.4. The Kier molecular flexibility index (Phi) is 2.70. The van der Waals surface area contributed by atoms with E-state index in [2.05, 4.69) is 10.4 Å². The minimum Gasteiger partial charge on any atom is -0.396 e. The summed E-state index contributed by atoms with van der Waals surface area (Å²) in [4.78, 5) is 11.1. The Balaban J connectivity index is 2.33. The largest absolute Gasteiger partial charge is 0.396 e. The molecule has 1 amide bonds. The average molecular weight is 231 g/mol. The Morgan fingerprint density at radius 2 is 2.18 bits per heavy atom. The molecule has 88 valence electrons. The Morgan fingerprint density at radius 1 is 1.41 bits per heavy atom. The first-order valence-corrected chi connectivity index (χ1v) is 5.03. The van der Waals surface area contributed by atoms with Crippen LogP contribution >= 0.6 is 0 Å². The highest BCUT2D eigenvalue weighted by Crippen LogP contribution is 2.25. The highest BCUT2D eigenvalue weighted by Gasteiger charge is 2.09. The molecule has 0 unspecified atom stereocenters. The maximum atomic E-state index is 11.1. The predicted molar refractivity (Wildman–Crippen MR) is 65.9 cm³/mol. The van der Waals surface area contributed by atoms with Crippen LogP contribution in [0.1, 0.15) is 10.4 Å². The van der Waals surface area contributed by atoms with Crippen LogP contribution in [0.4, 0.5) is 17.2 Å². The lowest BCUT2D eigenvalue weighted by atomic mass is 10.1. The lowest BCUT2D eigenvalue weighted by Gasteiger charge is -2.09. The minimum absolute atomic E-state index is 0.297. The fourth-order valence-electron chi connectivity index (χ4n) is 1.51. The summed E-state index contributed by atoms with van der Waals surface area (Å²) in [6.45, 7) is 0. The number of primary amides is 1. The fourth-order valence-corrected chi connectivity index (χ4v) is 1.51. The summed E-state index contributed by atoms with van der Waals surface area (Å²) in [5.74, 6) is 0.105. The van der Waals surface area contributed by atoms with Crippen molar-refractivity contribution in [2.45, 2.75) is 0 Å². The van der Waals surface area contributed by atoms with Crippen LogP contribution in [-0.4, -0.2) is 15.7 Å². The van der Waals surface area contributed by atoms with Gasteiger partial charge in [0, 0.05) is 19.3 Å². The first kappa shape index (κ1) is 11.0. The molecule has 0 aliphatic rings. The van der Waals surface area contributed by atoms with Crippen molar-refractivity contribution >= 4 is 23.1 Å². The molecule has 0 atom stereocenters. The molecule has 1 heterocycles. The van der Waals surface area contributed by atoms with Crippen molar-refractivity contribution in [2.75, 3.05) is 11.1 Å². The number of nitrogens with two attached hydrogens (primary N) is 2. The standard InChI is InChI=1S/C11H13N5O/c1-16-6-5-9(15-16)14-8-4-2-3-7(10(8)12)11(13)17/h2-6H,12H2,1H3,(H2,13,17)(H,14,15). The number of aryl methyl sites for hydroxylation is 1. The highest BCUT2D eigenvalue weighted by atomic mass is 16.1. The van der Waals surface area contributed by atoms with Gasteiger partial charge in [-0.3, -0.25) is 9.48 Å². The summed E-state index contributed by atoms with van der Waals surface area (Å²) in [5, 5.41) is 7.18. The number of hydrogen-bond acceptors (Lipinski definition) is 4. The van der Waals surface area contributed by atoms with Crippen LogP contribution in [0.15, 0.2) is 30.5 Å². The predicted octanol–water partition coefficient (Wildman–Crippen LogP) is 0.845. The monoisotopic (exact) mass is 231 g/mol. The number of hydrogen-bond donors (Lipinski definition) is 3. The molecular weight excluding hydrogens is 218 g/mol. The van der Waals surface area contributed by atoms with Gasteiger partial charge in [0.15, 0.2) is 5.82 Å². The first-order chi connectivity index (χ1) is 8.08. The third-order valence-electron chi connectivity index (χ3n) is 2.35. The van der Waals surface area contributed by atoms with Gasteiger partial charge in [-0.1, -0.05) is 6.07 Å². The molecule has 2 aromatic rings. The number of nitrogens with zero attached hydrogens (tertiary/aromatic N) is 2. The van der Waals surface area contributed by atoms with Crippen LogP contribution in [0.5, 0.6) is 0 Å². The molecule has 0 aliphatic heterocycles. The molecule has 0 radical (unpaired) electrons. The van der Waals surface area contributed by atoms with Crippen molar-refractivity contribution in [1.82, 2.24) is 9.78 Å². The number of benzene rings is 1. The van der Waals surface area contributed by atoms with E-state index in [9.17, 15) is 4.79 Å². The number of aromatic nitrogens is 2. The minimum atomic E-state index is -0.549. The maximum Gasteiger partial charge on any atom is 0.250 e. The smallest absolute Gasteiger partial charge is 0.250 e. The molecule has 1 aromatic carbocycles. The van der Waals surface area contributed by atoms with Gasteiger partial charge in [0.05, 0.1) is 16.9 Å². The normalized spacial score (nSPS) is 10.2. The first-order valence-electron chi connectivity index (χ1n) is 5.03. The van der Waals surface area contributed by atoms with Gasteiger partial charge in [-0.2, -0.15) is 5.10 Å². The summed E-state index contributed by atoms with van der Waals surface area (Å²) in [6, 6.07) is 6.86. The van der Waals surface area contributed by atoms with Crippen LogP contribution in [0.2, 0.25) is 0 Å². The molecule has 6 heteroatoms. The van der Waals surface area contributed by atoms with Crippen LogP contribution in [0.25, 0.3) is 0 Å².